The first-order valence-corrected chi connectivity index (χ1v) is 4.73. The van der Waals surface area contributed by atoms with Crippen LogP contribution in [0.2, 0.25) is 0 Å². The SMILES string of the molecule is CC(C)=CCC[C@]1(C)O[C@]1(C)C=O. The summed E-state index contributed by atoms with van der Waals surface area (Å²) >= 11 is 0. The van der Waals surface area contributed by atoms with E-state index in [0.29, 0.717) is 0 Å². The van der Waals surface area contributed by atoms with Gasteiger partial charge in [0.15, 0.2) is 6.29 Å². The molecule has 1 fully saturated rings. The first-order chi connectivity index (χ1) is 5.93. The number of rotatable bonds is 4. The molecule has 0 saturated carbocycles. The van der Waals surface area contributed by atoms with Crippen LogP contribution < -0.4 is 0 Å². The van der Waals surface area contributed by atoms with Crippen LogP contribution >= 0.6 is 0 Å². The lowest BCUT2D eigenvalue weighted by Crippen LogP contribution is -2.20. The van der Waals surface area contributed by atoms with Gasteiger partial charge >= 0.3 is 0 Å². The average Bonchev–Trinajstić information content (AvgIpc) is 2.55. The quantitative estimate of drug-likeness (QED) is 0.380. The minimum absolute atomic E-state index is 0.222. The Labute approximate surface area is 80.0 Å². The van der Waals surface area contributed by atoms with Crippen molar-refractivity contribution in [2.45, 2.75) is 51.7 Å². The molecule has 0 amide bonds. The van der Waals surface area contributed by atoms with E-state index in [1.807, 2.05) is 13.8 Å². The van der Waals surface area contributed by atoms with E-state index in [4.69, 9.17) is 4.74 Å². The standard InChI is InChI=1S/C11H18O2/c1-9(2)6-5-7-10(3)11(4,8-12)13-10/h6,8H,5,7H2,1-4H3/t10-,11+/m0/s1. The fraction of sp³-hybridized carbons (Fsp3) is 0.727. The zero-order valence-electron chi connectivity index (χ0n) is 8.89. The summed E-state index contributed by atoms with van der Waals surface area (Å²) in [4.78, 5) is 10.7. The minimum atomic E-state index is -0.525. The third-order valence-electron chi connectivity index (χ3n) is 2.84. The molecule has 1 heterocycles. The number of hydrogen-bond acceptors (Lipinski definition) is 2. The van der Waals surface area contributed by atoms with Crippen LogP contribution in [0.4, 0.5) is 0 Å². The van der Waals surface area contributed by atoms with Crippen LogP contribution in [0.3, 0.4) is 0 Å². The lowest BCUT2D eigenvalue weighted by Gasteiger charge is -2.05. The Hall–Kier alpha value is -0.630. The van der Waals surface area contributed by atoms with Gasteiger partial charge in [0, 0.05) is 0 Å². The van der Waals surface area contributed by atoms with Crippen LogP contribution in [-0.4, -0.2) is 17.5 Å². The molecule has 2 nitrogen and oxygen atoms in total. The highest BCUT2D eigenvalue weighted by Gasteiger charge is 2.62. The maximum atomic E-state index is 10.7. The highest BCUT2D eigenvalue weighted by Crippen LogP contribution is 2.49. The Morgan fingerprint density at radius 2 is 2.00 bits per heavy atom. The third kappa shape index (κ3) is 1.99. The molecule has 0 spiro atoms. The minimum Gasteiger partial charge on any atom is -0.355 e. The van der Waals surface area contributed by atoms with Crippen molar-refractivity contribution in [3.05, 3.63) is 11.6 Å². The molecule has 0 aromatic carbocycles. The Balaban J connectivity index is 2.40. The zero-order valence-corrected chi connectivity index (χ0v) is 8.89. The van der Waals surface area contributed by atoms with Crippen LogP contribution in [0.5, 0.6) is 0 Å². The number of allylic oxidation sites excluding steroid dienone is 2. The summed E-state index contributed by atoms with van der Waals surface area (Å²) in [5.41, 5.74) is 0.570. The van der Waals surface area contributed by atoms with E-state index < -0.39 is 5.60 Å². The van der Waals surface area contributed by atoms with Gasteiger partial charge in [-0.05, 0) is 40.5 Å². The average molecular weight is 182 g/mol. The predicted octanol–water partition coefficient (Wildman–Crippen LogP) is 2.48. The molecule has 1 aliphatic rings. The zero-order chi connectivity index (χ0) is 10.1. The highest BCUT2D eigenvalue weighted by molar-refractivity contribution is 5.69. The molecule has 0 aromatic heterocycles. The molecule has 0 N–H and O–H groups in total. The van der Waals surface area contributed by atoms with Gasteiger partial charge in [0.05, 0.1) is 0 Å². The summed E-state index contributed by atoms with van der Waals surface area (Å²) in [5.74, 6) is 0. The summed E-state index contributed by atoms with van der Waals surface area (Å²) in [6, 6.07) is 0. The molecule has 0 unspecified atom stereocenters. The number of ether oxygens (including phenoxy) is 1. The molecule has 1 aliphatic heterocycles. The van der Waals surface area contributed by atoms with Crippen molar-refractivity contribution < 1.29 is 9.53 Å². The molecule has 13 heavy (non-hydrogen) atoms. The topological polar surface area (TPSA) is 29.6 Å². The Bertz CT molecular complexity index is 240. The molecule has 2 heteroatoms. The van der Waals surface area contributed by atoms with Crippen LogP contribution in [0.25, 0.3) is 0 Å². The van der Waals surface area contributed by atoms with E-state index in [0.717, 1.165) is 19.1 Å². The first kappa shape index (κ1) is 10.5. The molecule has 0 aromatic rings. The molecule has 2 atom stereocenters. The van der Waals surface area contributed by atoms with Crippen molar-refractivity contribution in [3.63, 3.8) is 0 Å². The maximum absolute atomic E-state index is 10.7. The number of carbonyl (C=O) groups excluding carboxylic acids is 1. The van der Waals surface area contributed by atoms with Crippen molar-refractivity contribution in [2.24, 2.45) is 0 Å². The van der Waals surface area contributed by atoms with E-state index >= 15 is 0 Å². The highest BCUT2D eigenvalue weighted by atomic mass is 16.6. The van der Waals surface area contributed by atoms with Gasteiger partial charge in [-0.2, -0.15) is 0 Å². The molecular formula is C11H18O2. The molecule has 1 rings (SSSR count). The number of hydrogen-bond donors (Lipinski definition) is 0. The monoisotopic (exact) mass is 182 g/mol. The maximum Gasteiger partial charge on any atom is 0.154 e. The first-order valence-electron chi connectivity index (χ1n) is 4.73. The molecule has 0 aliphatic carbocycles. The Kier molecular flexibility index (Phi) is 2.62. The molecule has 1 saturated heterocycles. The van der Waals surface area contributed by atoms with Crippen molar-refractivity contribution >= 4 is 6.29 Å². The van der Waals surface area contributed by atoms with Gasteiger partial charge in [-0.25, -0.2) is 0 Å². The fourth-order valence-electron chi connectivity index (χ4n) is 1.53. The van der Waals surface area contributed by atoms with Gasteiger partial charge in [0.2, 0.25) is 0 Å². The van der Waals surface area contributed by atoms with E-state index in [1.165, 1.54) is 5.57 Å². The van der Waals surface area contributed by atoms with Gasteiger partial charge < -0.3 is 9.53 Å². The van der Waals surface area contributed by atoms with Crippen molar-refractivity contribution in [1.82, 2.24) is 0 Å². The third-order valence-corrected chi connectivity index (χ3v) is 2.84. The molecule has 0 bridgehead atoms. The lowest BCUT2D eigenvalue weighted by atomic mass is 9.92. The van der Waals surface area contributed by atoms with Gasteiger partial charge in [-0.15, -0.1) is 0 Å². The summed E-state index contributed by atoms with van der Waals surface area (Å²) in [5, 5.41) is 0. The molecule has 0 radical (unpaired) electrons. The lowest BCUT2D eigenvalue weighted by molar-refractivity contribution is -0.111. The van der Waals surface area contributed by atoms with Crippen LogP contribution in [0.1, 0.15) is 40.5 Å². The van der Waals surface area contributed by atoms with Gasteiger partial charge in [-0.1, -0.05) is 11.6 Å². The summed E-state index contributed by atoms with van der Waals surface area (Å²) in [6.45, 7) is 8.01. The molecule has 74 valence electrons. The van der Waals surface area contributed by atoms with E-state index in [1.54, 1.807) is 0 Å². The van der Waals surface area contributed by atoms with Gasteiger partial charge in [0.25, 0.3) is 0 Å². The molecular weight excluding hydrogens is 164 g/mol. The predicted molar refractivity (Wildman–Crippen MR) is 52.6 cm³/mol. The van der Waals surface area contributed by atoms with Gasteiger partial charge in [-0.3, -0.25) is 0 Å². The smallest absolute Gasteiger partial charge is 0.154 e. The summed E-state index contributed by atoms with van der Waals surface area (Å²) in [6.07, 6.45) is 5.00. The Morgan fingerprint density at radius 3 is 2.38 bits per heavy atom. The van der Waals surface area contributed by atoms with Crippen molar-refractivity contribution in [2.75, 3.05) is 0 Å². The second-order valence-electron chi connectivity index (χ2n) is 4.38. The summed E-state index contributed by atoms with van der Waals surface area (Å²) in [7, 11) is 0. The second-order valence-corrected chi connectivity index (χ2v) is 4.38. The Morgan fingerprint density at radius 1 is 1.38 bits per heavy atom. The van der Waals surface area contributed by atoms with Crippen molar-refractivity contribution in [1.29, 1.82) is 0 Å². The second kappa shape index (κ2) is 3.26. The van der Waals surface area contributed by atoms with Gasteiger partial charge in [0.1, 0.15) is 11.2 Å². The largest absolute Gasteiger partial charge is 0.355 e. The number of aldehydes is 1. The van der Waals surface area contributed by atoms with Crippen LogP contribution in [0.15, 0.2) is 11.6 Å². The number of carbonyl (C=O) groups is 1. The summed E-state index contributed by atoms with van der Waals surface area (Å²) < 4.78 is 5.43. The van der Waals surface area contributed by atoms with E-state index in [2.05, 4.69) is 19.9 Å². The van der Waals surface area contributed by atoms with Crippen molar-refractivity contribution in [3.8, 4) is 0 Å². The van der Waals surface area contributed by atoms with Crippen LogP contribution in [0, 0.1) is 0 Å². The number of epoxide rings is 1. The van der Waals surface area contributed by atoms with E-state index in [9.17, 15) is 4.79 Å². The fourth-order valence-corrected chi connectivity index (χ4v) is 1.53. The normalized spacial score (nSPS) is 36.9. The van der Waals surface area contributed by atoms with Crippen LogP contribution in [-0.2, 0) is 9.53 Å². The van der Waals surface area contributed by atoms with E-state index in [-0.39, 0.29) is 5.60 Å².